The second-order valence-electron chi connectivity index (χ2n) is 2.50. The molecule has 0 aliphatic rings. The van der Waals surface area contributed by atoms with E-state index < -0.39 is 6.72 Å². The third-order valence-corrected chi connectivity index (χ3v) is 3.19. The summed E-state index contributed by atoms with van der Waals surface area (Å²) in [6, 6.07) is 0. The second-order valence-corrected chi connectivity index (χ2v) is 5.45. The first kappa shape index (κ1) is 13.2. The van der Waals surface area contributed by atoms with Crippen molar-refractivity contribution in [3.05, 3.63) is 0 Å². The molecule has 0 aromatic heterocycles. The smallest absolute Gasteiger partial charge is 0.324 e. The minimum Gasteiger partial charge on any atom is -0.324 e. The molecule has 0 amide bonds. The zero-order valence-electron chi connectivity index (χ0n) is 7.64. The van der Waals surface area contributed by atoms with Crippen molar-refractivity contribution in [2.24, 2.45) is 0 Å². The van der Waals surface area contributed by atoms with Crippen LogP contribution in [0.25, 0.3) is 0 Å². The molecule has 0 radical (unpaired) electrons. The van der Waals surface area contributed by atoms with Crippen molar-refractivity contribution in [1.82, 2.24) is 0 Å². The Kier molecular flexibility index (Phi) is 7.71. The first-order valence-electron chi connectivity index (χ1n) is 4.09. The molecule has 0 aliphatic carbocycles. The number of aldehydes is 1. The van der Waals surface area contributed by atoms with E-state index in [0.29, 0.717) is 13.0 Å². The van der Waals surface area contributed by atoms with Gasteiger partial charge < -0.3 is 18.7 Å². The molecule has 0 saturated heterocycles. The standard InChI is InChI=1S/C7H15O4PS/c1-10-12(9,13)11-7-5-3-2-4-6-8/h6H,2-5,7H2,1H3,(H,9,13). The zero-order valence-corrected chi connectivity index (χ0v) is 9.35. The van der Waals surface area contributed by atoms with Gasteiger partial charge in [0.1, 0.15) is 6.29 Å². The van der Waals surface area contributed by atoms with Crippen molar-refractivity contribution in [3.63, 3.8) is 0 Å². The fourth-order valence-corrected chi connectivity index (χ4v) is 1.43. The normalized spacial score (nSPS) is 15.2. The van der Waals surface area contributed by atoms with Gasteiger partial charge in [0, 0.05) is 13.5 Å². The van der Waals surface area contributed by atoms with Gasteiger partial charge in [-0.25, -0.2) is 0 Å². The Bertz CT molecular complexity index is 185. The summed E-state index contributed by atoms with van der Waals surface area (Å²) < 4.78 is 9.50. The minimum absolute atomic E-state index is 0.389. The molecule has 0 rings (SSSR count). The van der Waals surface area contributed by atoms with E-state index in [9.17, 15) is 4.79 Å². The van der Waals surface area contributed by atoms with E-state index >= 15 is 0 Å². The Balaban J connectivity index is 3.25. The Morgan fingerprint density at radius 2 is 2.15 bits per heavy atom. The van der Waals surface area contributed by atoms with Crippen molar-refractivity contribution in [1.29, 1.82) is 0 Å². The van der Waals surface area contributed by atoms with E-state index in [2.05, 4.69) is 16.3 Å². The molecule has 13 heavy (non-hydrogen) atoms. The molecule has 0 heterocycles. The van der Waals surface area contributed by atoms with E-state index in [1.165, 1.54) is 7.11 Å². The summed E-state index contributed by atoms with van der Waals surface area (Å²) in [5.41, 5.74) is 0. The number of hydrogen-bond donors (Lipinski definition) is 1. The van der Waals surface area contributed by atoms with Crippen molar-refractivity contribution >= 4 is 24.8 Å². The summed E-state index contributed by atoms with van der Waals surface area (Å²) >= 11 is 4.61. The van der Waals surface area contributed by atoms with Gasteiger partial charge in [0.05, 0.1) is 6.61 Å². The first-order chi connectivity index (χ1) is 6.12. The van der Waals surface area contributed by atoms with Gasteiger partial charge in [-0.2, -0.15) is 0 Å². The van der Waals surface area contributed by atoms with Crippen LogP contribution in [0.1, 0.15) is 25.7 Å². The van der Waals surface area contributed by atoms with E-state index in [1.807, 2.05) is 0 Å². The average Bonchev–Trinajstić information content (AvgIpc) is 2.11. The van der Waals surface area contributed by atoms with Crippen LogP contribution in [-0.2, 0) is 25.6 Å². The Labute approximate surface area is 83.5 Å². The Morgan fingerprint density at radius 3 is 2.69 bits per heavy atom. The number of hydrogen-bond acceptors (Lipinski definition) is 4. The Morgan fingerprint density at radius 1 is 1.46 bits per heavy atom. The molecule has 4 nitrogen and oxygen atoms in total. The average molecular weight is 226 g/mol. The second kappa shape index (κ2) is 7.59. The highest BCUT2D eigenvalue weighted by atomic mass is 32.5. The van der Waals surface area contributed by atoms with Crippen LogP contribution >= 0.6 is 6.72 Å². The van der Waals surface area contributed by atoms with Gasteiger partial charge in [-0.1, -0.05) is 6.42 Å². The lowest BCUT2D eigenvalue weighted by Gasteiger charge is -2.12. The van der Waals surface area contributed by atoms with Gasteiger partial charge in [0.2, 0.25) is 0 Å². The summed E-state index contributed by atoms with van der Waals surface area (Å²) in [7, 11) is 1.33. The van der Waals surface area contributed by atoms with E-state index in [4.69, 9.17) is 9.42 Å². The summed E-state index contributed by atoms with van der Waals surface area (Å²) in [5.74, 6) is 0. The van der Waals surface area contributed by atoms with Gasteiger partial charge in [0.25, 0.3) is 0 Å². The van der Waals surface area contributed by atoms with Crippen LogP contribution in [0.3, 0.4) is 0 Å². The third kappa shape index (κ3) is 8.53. The van der Waals surface area contributed by atoms with Crippen molar-refractivity contribution in [2.45, 2.75) is 25.7 Å². The molecule has 1 atom stereocenters. The molecule has 0 aromatic rings. The molecule has 6 heteroatoms. The van der Waals surface area contributed by atoms with Gasteiger partial charge in [0.15, 0.2) is 0 Å². The number of carbonyl (C=O) groups excluding carboxylic acids is 1. The predicted octanol–water partition coefficient (Wildman–Crippen LogP) is 1.63. The topological polar surface area (TPSA) is 55.8 Å². The molecule has 78 valence electrons. The number of carbonyl (C=O) groups is 1. The van der Waals surface area contributed by atoms with Crippen LogP contribution in [0, 0.1) is 0 Å². The maximum Gasteiger partial charge on any atom is 0.324 e. The van der Waals surface area contributed by atoms with E-state index in [-0.39, 0.29) is 0 Å². The quantitative estimate of drug-likeness (QED) is 0.387. The highest BCUT2D eigenvalue weighted by Gasteiger charge is 2.10. The highest BCUT2D eigenvalue weighted by molar-refractivity contribution is 8.07. The molecule has 0 aliphatic heterocycles. The lowest BCUT2D eigenvalue weighted by molar-refractivity contribution is -0.107. The molecule has 0 aromatic carbocycles. The van der Waals surface area contributed by atoms with Gasteiger partial charge >= 0.3 is 6.72 Å². The van der Waals surface area contributed by atoms with Gasteiger partial charge in [-0.15, -0.1) is 0 Å². The third-order valence-electron chi connectivity index (χ3n) is 1.45. The summed E-state index contributed by atoms with van der Waals surface area (Å²) in [5, 5.41) is 0. The van der Waals surface area contributed by atoms with Gasteiger partial charge in [-0.3, -0.25) is 0 Å². The summed E-state index contributed by atoms with van der Waals surface area (Å²) in [4.78, 5) is 19.1. The van der Waals surface area contributed by atoms with Crippen LogP contribution in [0.5, 0.6) is 0 Å². The minimum atomic E-state index is -2.97. The molecule has 1 unspecified atom stereocenters. The molecule has 0 bridgehead atoms. The fourth-order valence-electron chi connectivity index (χ4n) is 0.739. The van der Waals surface area contributed by atoms with Crippen LogP contribution < -0.4 is 0 Å². The molecule has 0 fully saturated rings. The zero-order chi connectivity index (χ0) is 10.2. The van der Waals surface area contributed by atoms with Crippen LogP contribution in [0.2, 0.25) is 0 Å². The van der Waals surface area contributed by atoms with Crippen LogP contribution in [0.4, 0.5) is 0 Å². The summed E-state index contributed by atoms with van der Waals surface area (Å²) in [6.07, 6.45) is 4.02. The van der Waals surface area contributed by atoms with Crippen molar-refractivity contribution in [3.8, 4) is 0 Å². The van der Waals surface area contributed by atoms with E-state index in [0.717, 1.165) is 25.5 Å². The lowest BCUT2D eigenvalue weighted by Crippen LogP contribution is -1.94. The monoisotopic (exact) mass is 226 g/mol. The highest BCUT2D eigenvalue weighted by Crippen LogP contribution is 2.42. The molecule has 0 spiro atoms. The fraction of sp³-hybridized carbons (Fsp3) is 0.857. The van der Waals surface area contributed by atoms with E-state index in [1.54, 1.807) is 0 Å². The van der Waals surface area contributed by atoms with Crippen LogP contribution in [-0.4, -0.2) is 24.9 Å². The molecule has 0 saturated carbocycles. The Hall–Kier alpha value is 0.200. The largest absolute Gasteiger partial charge is 0.324 e. The lowest BCUT2D eigenvalue weighted by atomic mass is 10.2. The van der Waals surface area contributed by atoms with Crippen molar-refractivity contribution in [2.75, 3.05) is 13.7 Å². The van der Waals surface area contributed by atoms with Gasteiger partial charge in [-0.05, 0) is 24.6 Å². The SMILES string of the molecule is COP(O)(=S)OCCCCCC=O. The maximum atomic E-state index is 9.94. The number of rotatable bonds is 8. The first-order valence-corrected chi connectivity index (χ1v) is 6.68. The summed E-state index contributed by atoms with van der Waals surface area (Å²) in [6.45, 7) is -2.58. The van der Waals surface area contributed by atoms with Crippen LogP contribution in [0.15, 0.2) is 0 Å². The molecular weight excluding hydrogens is 211 g/mol. The molecular formula is C7H15O4PS. The van der Waals surface area contributed by atoms with Crippen molar-refractivity contribution < 1.29 is 18.7 Å². The molecule has 1 N–H and O–H groups in total. The number of unbranched alkanes of at least 4 members (excludes halogenated alkanes) is 3. The maximum absolute atomic E-state index is 9.94. The predicted molar refractivity (Wildman–Crippen MR) is 54.0 cm³/mol.